The molecule has 3 aromatic rings. The first-order chi connectivity index (χ1) is 16.6. The van der Waals surface area contributed by atoms with Crippen LogP contribution in [0.3, 0.4) is 0 Å². The number of nitrogens with one attached hydrogen (secondary N) is 1. The standard InChI is InChI=1S/C24H21Cl2N3O5S/c1-16-6-10-20(11-7-16)35(33,34)29(14-18-8-9-19(25)12-22(18)26)15-23(30)28-27-13-17-4-2-3-5-21(17)24(31)32/h2-13H,14-15H2,1H3,(H,28,30)(H,31,32)/b27-13-. The molecular weight excluding hydrogens is 513 g/mol. The number of sulfonamides is 1. The molecule has 0 spiro atoms. The summed E-state index contributed by atoms with van der Waals surface area (Å²) in [5, 5.41) is 13.7. The van der Waals surface area contributed by atoms with Crippen LogP contribution in [0.15, 0.2) is 76.7 Å². The molecule has 2 N–H and O–H groups in total. The lowest BCUT2D eigenvalue weighted by Crippen LogP contribution is -2.39. The molecule has 1 amide bonds. The number of hydrazone groups is 1. The predicted octanol–water partition coefficient (Wildman–Crippen LogP) is 4.34. The number of carboxylic acids is 1. The van der Waals surface area contributed by atoms with Crippen molar-refractivity contribution in [2.45, 2.75) is 18.4 Å². The van der Waals surface area contributed by atoms with E-state index in [2.05, 4.69) is 10.5 Å². The minimum atomic E-state index is -4.08. The quantitative estimate of drug-likeness (QED) is 0.313. The summed E-state index contributed by atoms with van der Waals surface area (Å²) in [6.07, 6.45) is 1.18. The van der Waals surface area contributed by atoms with Gasteiger partial charge in [-0.1, -0.05) is 65.2 Å². The Morgan fingerprint density at radius 1 is 1.06 bits per heavy atom. The zero-order valence-corrected chi connectivity index (χ0v) is 20.8. The van der Waals surface area contributed by atoms with Crippen molar-refractivity contribution < 1.29 is 23.1 Å². The molecular formula is C24H21Cl2N3O5S. The second-order valence-electron chi connectivity index (χ2n) is 7.51. The average Bonchev–Trinajstić information content (AvgIpc) is 2.80. The van der Waals surface area contributed by atoms with Gasteiger partial charge < -0.3 is 5.11 Å². The van der Waals surface area contributed by atoms with Crippen molar-refractivity contribution in [2.24, 2.45) is 5.10 Å². The van der Waals surface area contributed by atoms with Gasteiger partial charge in [-0.25, -0.2) is 18.6 Å². The fraction of sp³-hybridized carbons (Fsp3) is 0.125. The molecule has 0 saturated carbocycles. The number of hydrogen-bond donors (Lipinski definition) is 2. The fourth-order valence-electron chi connectivity index (χ4n) is 3.10. The van der Waals surface area contributed by atoms with Gasteiger partial charge in [0.2, 0.25) is 10.0 Å². The van der Waals surface area contributed by atoms with E-state index in [1.165, 1.54) is 36.5 Å². The maximum atomic E-state index is 13.3. The zero-order chi connectivity index (χ0) is 25.6. The lowest BCUT2D eigenvalue weighted by atomic mass is 10.1. The number of amides is 1. The highest BCUT2D eigenvalue weighted by molar-refractivity contribution is 7.89. The fourth-order valence-corrected chi connectivity index (χ4v) is 4.94. The third kappa shape index (κ3) is 6.89. The summed E-state index contributed by atoms with van der Waals surface area (Å²) in [5.41, 5.74) is 3.87. The van der Waals surface area contributed by atoms with E-state index in [0.717, 1.165) is 9.87 Å². The van der Waals surface area contributed by atoms with Crippen molar-refractivity contribution in [1.82, 2.24) is 9.73 Å². The van der Waals surface area contributed by atoms with Gasteiger partial charge in [0.15, 0.2) is 0 Å². The van der Waals surface area contributed by atoms with Crippen LogP contribution in [-0.2, 0) is 21.4 Å². The van der Waals surface area contributed by atoms with Crippen molar-refractivity contribution >= 4 is 51.3 Å². The first-order valence-corrected chi connectivity index (χ1v) is 12.4. The molecule has 0 bridgehead atoms. The third-order valence-corrected chi connectivity index (χ3v) is 7.32. The number of carbonyl (C=O) groups is 2. The van der Waals surface area contributed by atoms with E-state index in [-0.39, 0.29) is 27.6 Å². The molecule has 35 heavy (non-hydrogen) atoms. The van der Waals surface area contributed by atoms with E-state index in [9.17, 15) is 23.1 Å². The Labute approximate surface area is 212 Å². The van der Waals surface area contributed by atoms with E-state index in [0.29, 0.717) is 10.6 Å². The van der Waals surface area contributed by atoms with E-state index >= 15 is 0 Å². The van der Waals surface area contributed by atoms with Crippen molar-refractivity contribution in [3.8, 4) is 0 Å². The van der Waals surface area contributed by atoms with Gasteiger partial charge in [0.1, 0.15) is 0 Å². The van der Waals surface area contributed by atoms with Crippen LogP contribution in [0.4, 0.5) is 0 Å². The Balaban J connectivity index is 1.84. The SMILES string of the molecule is Cc1ccc(S(=O)(=O)N(CC(=O)N/N=C\c2ccccc2C(=O)O)Cc2ccc(Cl)cc2Cl)cc1. The molecule has 0 unspecified atom stereocenters. The van der Waals surface area contributed by atoms with Crippen LogP contribution in [0.5, 0.6) is 0 Å². The van der Waals surface area contributed by atoms with Crippen LogP contribution in [0.25, 0.3) is 0 Å². The Hall–Kier alpha value is -3.24. The third-order valence-electron chi connectivity index (χ3n) is 4.92. The Bertz CT molecular complexity index is 1380. The van der Waals surface area contributed by atoms with E-state index in [4.69, 9.17) is 23.2 Å². The Morgan fingerprint density at radius 2 is 1.74 bits per heavy atom. The number of nitrogens with zero attached hydrogens (tertiary/aromatic N) is 2. The van der Waals surface area contributed by atoms with Crippen LogP contribution >= 0.6 is 23.2 Å². The Kier molecular flexibility index (Phi) is 8.63. The second-order valence-corrected chi connectivity index (χ2v) is 10.3. The van der Waals surface area contributed by atoms with Crippen molar-refractivity contribution in [1.29, 1.82) is 0 Å². The monoisotopic (exact) mass is 533 g/mol. The molecule has 0 aromatic heterocycles. The molecule has 11 heteroatoms. The summed E-state index contributed by atoms with van der Waals surface area (Å²) in [6, 6.07) is 17.0. The number of aromatic carboxylic acids is 1. The molecule has 3 aromatic carbocycles. The van der Waals surface area contributed by atoms with Gasteiger partial charge in [-0.05, 0) is 42.8 Å². The molecule has 0 fully saturated rings. The number of halogens is 2. The minimum Gasteiger partial charge on any atom is -0.478 e. The molecule has 0 saturated heterocycles. The molecule has 0 aliphatic carbocycles. The van der Waals surface area contributed by atoms with Gasteiger partial charge >= 0.3 is 5.97 Å². The smallest absolute Gasteiger partial charge is 0.336 e. The maximum absolute atomic E-state index is 13.3. The van der Waals surface area contributed by atoms with Gasteiger partial charge in [0.05, 0.1) is 23.2 Å². The first kappa shape index (κ1) is 26.4. The summed E-state index contributed by atoms with van der Waals surface area (Å²) in [6.45, 7) is 1.08. The van der Waals surface area contributed by atoms with Gasteiger partial charge in [-0.3, -0.25) is 4.79 Å². The average molecular weight is 534 g/mol. The van der Waals surface area contributed by atoms with Crippen molar-refractivity contribution in [3.63, 3.8) is 0 Å². The first-order valence-electron chi connectivity index (χ1n) is 10.2. The highest BCUT2D eigenvalue weighted by Crippen LogP contribution is 2.25. The lowest BCUT2D eigenvalue weighted by Gasteiger charge is -2.22. The van der Waals surface area contributed by atoms with Gasteiger partial charge in [-0.15, -0.1) is 0 Å². The molecule has 8 nitrogen and oxygen atoms in total. The number of aryl methyl sites for hydroxylation is 1. The molecule has 3 rings (SSSR count). The van der Waals surface area contributed by atoms with Gasteiger partial charge in [0.25, 0.3) is 5.91 Å². The van der Waals surface area contributed by atoms with Crippen molar-refractivity contribution in [3.05, 3.63) is 99.0 Å². The number of carboxylic acid groups (broad SMARTS) is 1. The highest BCUT2D eigenvalue weighted by Gasteiger charge is 2.27. The number of rotatable bonds is 9. The summed E-state index contributed by atoms with van der Waals surface area (Å²) >= 11 is 12.2. The van der Waals surface area contributed by atoms with Crippen molar-refractivity contribution in [2.75, 3.05) is 6.54 Å². The van der Waals surface area contributed by atoms with Gasteiger partial charge in [0, 0.05) is 22.2 Å². The largest absolute Gasteiger partial charge is 0.478 e. The molecule has 0 aliphatic heterocycles. The molecule has 0 atom stereocenters. The summed E-state index contributed by atoms with van der Waals surface area (Å²) < 4.78 is 27.7. The minimum absolute atomic E-state index is 0.00598. The lowest BCUT2D eigenvalue weighted by molar-refractivity contribution is -0.121. The number of carbonyl (C=O) groups excluding carboxylic acids is 1. The van der Waals surface area contributed by atoms with Crippen LogP contribution < -0.4 is 5.43 Å². The van der Waals surface area contributed by atoms with Crippen LogP contribution in [-0.4, -0.2) is 42.5 Å². The number of hydrogen-bond acceptors (Lipinski definition) is 5. The van der Waals surface area contributed by atoms with E-state index < -0.39 is 28.4 Å². The predicted molar refractivity (Wildman–Crippen MR) is 134 cm³/mol. The second kappa shape index (κ2) is 11.5. The molecule has 0 radical (unpaired) electrons. The van der Waals surface area contributed by atoms with E-state index in [1.54, 1.807) is 36.4 Å². The zero-order valence-electron chi connectivity index (χ0n) is 18.5. The van der Waals surface area contributed by atoms with E-state index in [1.807, 2.05) is 6.92 Å². The summed E-state index contributed by atoms with van der Waals surface area (Å²) in [7, 11) is -4.08. The normalized spacial score (nSPS) is 11.7. The molecule has 182 valence electrons. The van der Waals surface area contributed by atoms with Crippen LogP contribution in [0, 0.1) is 6.92 Å². The topological polar surface area (TPSA) is 116 Å². The Morgan fingerprint density at radius 3 is 2.40 bits per heavy atom. The maximum Gasteiger partial charge on any atom is 0.336 e. The van der Waals surface area contributed by atoms with Gasteiger partial charge in [-0.2, -0.15) is 9.41 Å². The van der Waals surface area contributed by atoms with Crippen LogP contribution in [0.2, 0.25) is 10.0 Å². The van der Waals surface area contributed by atoms with Crippen LogP contribution in [0.1, 0.15) is 27.0 Å². The molecule has 0 aliphatic rings. The molecule has 0 heterocycles. The summed E-state index contributed by atoms with van der Waals surface area (Å²) in [5.74, 6) is -1.87. The number of benzene rings is 3. The summed E-state index contributed by atoms with van der Waals surface area (Å²) in [4.78, 5) is 23.9. The highest BCUT2D eigenvalue weighted by atomic mass is 35.5.